The van der Waals surface area contributed by atoms with Gasteiger partial charge in [-0.1, -0.05) is 6.92 Å². The Kier molecular flexibility index (Phi) is 4.76. The summed E-state index contributed by atoms with van der Waals surface area (Å²) in [6.07, 6.45) is 1.97. The van der Waals surface area contributed by atoms with Crippen LogP contribution in [0, 0.1) is 0 Å². The minimum absolute atomic E-state index is 0.0625. The van der Waals surface area contributed by atoms with Crippen molar-refractivity contribution in [1.82, 2.24) is 4.90 Å². The molecule has 2 rings (SSSR count). The van der Waals surface area contributed by atoms with Crippen LogP contribution < -0.4 is 11.3 Å². The average Bonchev–Trinajstić information content (AvgIpc) is 2.72. The highest BCUT2D eigenvalue weighted by molar-refractivity contribution is 5.94. The zero-order chi connectivity index (χ0) is 13.7. The number of hydrogen-bond donors (Lipinski definition) is 2. The predicted molar refractivity (Wildman–Crippen MR) is 74.8 cm³/mol. The number of nitrogens with one attached hydrogen (secondary N) is 1. The van der Waals surface area contributed by atoms with Crippen LogP contribution in [0.25, 0.3) is 0 Å². The molecule has 5 nitrogen and oxygen atoms in total. The predicted octanol–water partition coefficient (Wildman–Crippen LogP) is 1.61. The number of nitrogen functional groups attached to an aromatic ring is 1. The highest BCUT2D eigenvalue weighted by atomic mass is 16.5. The molecule has 104 valence electrons. The fourth-order valence-electron chi connectivity index (χ4n) is 2.22. The van der Waals surface area contributed by atoms with Gasteiger partial charge < -0.3 is 15.1 Å². The molecule has 0 radical (unpaired) electrons. The SMILES string of the molecule is CCC1CN(C(=O)c2ccc(NN)cc2)CCCO1. The molecule has 0 saturated carbocycles. The highest BCUT2D eigenvalue weighted by Gasteiger charge is 2.22. The van der Waals surface area contributed by atoms with Crippen molar-refractivity contribution in [1.29, 1.82) is 0 Å². The van der Waals surface area contributed by atoms with Crippen LogP contribution in [0.1, 0.15) is 30.1 Å². The monoisotopic (exact) mass is 263 g/mol. The van der Waals surface area contributed by atoms with E-state index in [1.54, 1.807) is 24.3 Å². The summed E-state index contributed by atoms with van der Waals surface area (Å²) in [4.78, 5) is 14.3. The van der Waals surface area contributed by atoms with E-state index in [0.717, 1.165) is 31.7 Å². The van der Waals surface area contributed by atoms with Crippen LogP contribution in [0.15, 0.2) is 24.3 Å². The molecule has 3 N–H and O–H groups in total. The summed E-state index contributed by atoms with van der Waals surface area (Å²) in [6.45, 7) is 4.25. The molecule has 1 saturated heterocycles. The maximum absolute atomic E-state index is 12.4. The second-order valence-electron chi connectivity index (χ2n) is 4.73. The number of hydrogen-bond acceptors (Lipinski definition) is 4. The number of carbonyl (C=O) groups excluding carboxylic acids is 1. The first kappa shape index (κ1) is 13.8. The number of anilines is 1. The van der Waals surface area contributed by atoms with Crippen molar-refractivity contribution in [2.24, 2.45) is 5.84 Å². The Hall–Kier alpha value is -1.59. The molecular weight excluding hydrogens is 242 g/mol. The van der Waals surface area contributed by atoms with Gasteiger partial charge in [-0.3, -0.25) is 10.6 Å². The summed E-state index contributed by atoms with van der Waals surface area (Å²) < 4.78 is 5.68. The molecule has 19 heavy (non-hydrogen) atoms. The highest BCUT2D eigenvalue weighted by Crippen LogP contribution is 2.14. The number of carbonyl (C=O) groups is 1. The molecule has 1 fully saturated rings. The molecule has 1 heterocycles. The summed E-state index contributed by atoms with van der Waals surface area (Å²) in [7, 11) is 0. The lowest BCUT2D eigenvalue weighted by Crippen LogP contribution is -2.36. The number of rotatable bonds is 3. The van der Waals surface area contributed by atoms with E-state index in [1.807, 2.05) is 4.90 Å². The Balaban J connectivity index is 2.08. The number of nitrogens with two attached hydrogens (primary N) is 1. The summed E-state index contributed by atoms with van der Waals surface area (Å²) in [5, 5.41) is 0. The van der Waals surface area contributed by atoms with Crippen molar-refractivity contribution in [3.05, 3.63) is 29.8 Å². The third kappa shape index (κ3) is 3.45. The van der Waals surface area contributed by atoms with Gasteiger partial charge in [0, 0.05) is 30.9 Å². The summed E-state index contributed by atoms with van der Waals surface area (Å²) in [5.74, 6) is 5.38. The van der Waals surface area contributed by atoms with Crippen molar-refractivity contribution in [2.45, 2.75) is 25.9 Å². The molecule has 1 aromatic rings. The molecule has 5 heteroatoms. The molecule has 0 spiro atoms. The molecule has 1 unspecified atom stereocenters. The van der Waals surface area contributed by atoms with E-state index in [2.05, 4.69) is 12.3 Å². The Morgan fingerprint density at radius 3 is 2.84 bits per heavy atom. The van der Waals surface area contributed by atoms with E-state index in [9.17, 15) is 4.79 Å². The van der Waals surface area contributed by atoms with Crippen molar-refractivity contribution >= 4 is 11.6 Å². The van der Waals surface area contributed by atoms with E-state index < -0.39 is 0 Å². The van der Waals surface area contributed by atoms with E-state index in [4.69, 9.17) is 10.6 Å². The van der Waals surface area contributed by atoms with E-state index >= 15 is 0 Å². The Bertz CT molecular complexity index is 419. The standard InChI is InChI=1S/C14H21N3O2/c1-2-13-10-17(8-3-9-19-13)14(18)11-4-6-12(16-15)7-5-11/h4-7,13,16H,2-3,8-10,15H2,1H3. The minimum atomic E-state index is 0.0625. The van der Waals surface area contributed by atoms with Gasteiger partial charge in [-0.2, -0.15) is 0 Å². The third-order valence-corrected chi connectivity index (χ3v) is 3.39. The van der Waals surface area contributed by atoms with Gasteiger partial charge in [-0.15, -0.1) is 0 Å². The molecule has 1 aliphatic heterocycles. The largest absolute Gasteiger partial charge is 0.376 e. The van der Waals surface area contributed by atoms with Crippen LogP contribution in [0.5, 0.6) is 0 Å². The first-order valence-electron chi connectivity index (χ1n) is 6.72. The van der Waals surface area contributed by atoms with Crippen LogP contribution in [-0.4, -0.2) is 36.6 Å². The van der Waals surface area contributed by atoms with E-state index in [1.165, 1.54) is 0 Å². The Labute approximate surface area is 113 Å². The molecule has 0 aromatic heterocycles. The first-order chi connectivity index (χ1) is 9.24. The maximum Gasteiger partial charge on any atom is 0.253 e. The number of benzene rings is 1. The van der Waals surface area contributed by atoms with Crippen molar-refractivity contribution in [3.8, 4) is 0 Å². The van der Waals surface area contributed by atoms with Gasteiger partial charge in [0.2, 0.25) is 0 Å². The average molecular weight is 263 g/mol. The van der Waals surface area contributed by atoms with Gasteiger partial charge in [0.05, 0.1) is 6.10 Å². The zero-order valence-electron chi connectivity index (χ0n) is 11.3. The molecule has 0 aliphatic carbocycles. The molecule has 0 bridgehead atoms. The van der Waals surface area contributed by atoms with E-state index in [0.29, 0.717) is 12.1 Å². The molecule has 1 atom stereocenters. The second kappa shape index (κ2) is 6.54. The fraction of sp³-hybridized carbons (Fsp3) is 0.500. The second-order valence-corrected chi connectivity index (χ2v) is 4.73. The van der Waals surface area contributed by atoms with Gasteiger partial charge in [-0.25, -0.2) is 0 Å². The first-order valence-corrected chi connectivity index (χ1v) is 6.72. The molecule has 1 amide bonds. The lowest BCUT2D eigenvalue weighted by atomic mass is 10.1. The van der Waals surface area contributed by atoms with Crippen molar-refractivity contribution in [2.75, 3.05) is 25.1 Å². The summed E-state index contributed by atoms with van der Waals surface area (Å²) in [5.41, 5.74) is 4.04. The molecule has 1 aliphatic rings. The number of nitrogens with zero attached hydrogens (tertiary/aromatic N) is 1. The molecular formula is C14H21N3O2. The fourth-order valence-corrected chi connectivity index (χ4v) is 2.22. The topological polar surface area (TPSA) is 67.6 Å². The third-order valence-electron chi connectivity index (χ3n) is 3.39. The lowest BCUT2D eigenvalue weighted by Gasteiger charge is -2.23. The lowest BCUT2D eigenvalue weighted by molar-refractivity contribution is 0.0460. The van der Waals surface area contributed by atoms with Crippen molar-refractivity contribution in [3.63, 3.8) is 0 Å². The Morgan fingerprint density at radius 2 is 2.21 bits per heavy atom. The van der Waals surface area contributed by atoms with Crippen LogP contribution in [-0.2, 0) is 4.74 Å². The summed E-state index contributed by atoms with van der Waals surface area (Å²) >= 11 is 0. The van der Waals surface area contributed by atoms with Crippen molar-refractivity contribution < 1.29 is 9.53 Å². The van der Waals surface area contributed by atoms with Crippen LogP contribution in [0.3, 0.4) is 0 Å². The smallest absolute Gasteiger partial charge is 0.253 e. The van der Waals surface area contributed by atoms with Crippen LogP contribution in [0.2, 0.25) is 0 Å². The minimum Gasteiger partial charge on any atom is -0.376 e. The number of hydrazine groups is 1. The van der Waals surface area contributed by atoms with Gasteiger partial charge in [-0.05, 0) is 37.1 Å². The van der Waals surface area contributed by atoms with Crippen LogP contribution in [0.4, 0.5) is 5.69 Å². The van der Waals surface area contributed by atoms with Gasteiger partial charge in [0.1, 0.15) is 0 Å². The van der Waals surface area contributed by atoms with E-state index in [-0.39, 0.29) is 12.0 Å². The van der Waals surface area contributed by atoms with Crippen LogP contribution >= 0.6 is 0 Å². The normalized spacial score (nSPS) is 19.9. The maximum atomic E-state index is 12.4. The number of ether oxygens (including phenoxy) is 1. The molecule has 1 aromatic carbocycles. The zero-order valence-corrected chi connectivity index (χ0v) is 11.3. The quantitative estimate of drug-likeness (QED) is 0.642. The van der Waals surface area contributed by atoms with Gasteiger partial charge >= 0.3 is 0 Å². The number of amides is 1. The van der Waals surface area contributed by atoms with Gasteiger partial charge in [0.15, 0.2) is 0 Å². The van der Waals surface area contributed by atoms with Gasteiger partial charge in [0.25, 0.3) is 5.91 Å². The Morgan fingerprint density at radius 1 is 1.47 bits per heavy atom. The summed E-state index contributed by atoms with van der Waals surface area (Å²) in [6, 6.07) is 7.20.